The Kier molecular flexibility index (Phi) is 4.45. The Bertz CT molecular complexity index is 171. The van der Waals surface area contributed by atoms with E-state index in [0.717, 1.165) is 25.0 Å². The van der Waals surface area contributed by atoms with Gasteiger partial charge in [-0.1, -0.05) is 25.7 Å². The molecule has 0 aromatic rings. The zero-order valence-corrected chi connectivity index (χ0v) is 9.79. The molecule has 0 bridgehead atoms. The summed E-state index contributed by atoms with van der Waals surface area (Å²) in [6.45, 7) is 1.87. The minimum atomic E-state index is 0.556. The lowest BCUT2D eigenvalue weighted by molar-refractivity contribution is 0.0950. The summed E-state index contributed by atoms with van der Waals surface area (Å²) in [4.78, 5) is 0. The number of hydrogen-bond donors (Lipinski definition) is 1. The van der Waals surface area contributed by atoms with Crippen molar-refractivity contribution in [2.45, 2.75) is 57.5 Å². The van der Waals surface area contributed by atoms with Crippen molar-refractivity contribution in [2.24, 2.45) is 17.6 Å². The van der Waals surface area contributed by atoms with Crippen LogP contribution in [0.25, 0.3) is 0 Å². The van der Waals surface area contributed by atoms with Crippen molar-refractivity contribution in [1.82, 2.24) is 0 Å². The van der Waals surface area contributed by atoms with Crippen molar-refractivity contribution >= 4 is 0 Å². The Labute approximate surface area is 93.6 Å². The van der Waals surface area contributed by atoms with Gasteiger partial charge in [-0.15, -0.1) is 0 Å². The predicted molar refractivity (Wildman–Crippen MR) is 62.7 cm³/mol. The van der Waals surface area contributed by atoms with Crippen LogP contribution in [0.5, 0.6) is 0 Å². The molecule has 1 heterocycles. The smallest absolute Gasteiger partial charge is 0.0576 e. The van der Waals surface area contributed by atoms with Gasteiger partial charge in [-0.05, 0) is 44.1 Å². The Morgan fingerprint density at radius 3 is 2.53 bits per heavy atom. The quantitative estimate of drug-likeness (QED) is 0.759. The minimum Gasteiger partial charge on any atom is -0.378 e. The third-order valence-electron chi connectivity index (χ3n) is 4.25. The Hall–Kier alpha value is -0.0800. The van der Waals surface area contributed by atoms with Gasteiger partial charge >= 0.3 is 0 Å². The second kappa shape index (κ2) is 5.86. The topological polar surface area (TPSA) is 35.2 Å². The molecule has 0 aromatic carbocycles. The van der Waals surface area contributed by atoms with Gasteiger partial charge in [0.05, 0.1) is 6.10 Å². The van der Waals surface area contributed by atoms with E-state index in [9.17, 15) is 0 Å². The lowest BCUT2D eigenvalue weighted by Crippen LogP contribution is -2.23. The van der Waals surface area contributed by atoms with E-state index in [4.69, 9.17) is 10.5 Å². The fourth-order valence-electron chi connectivity index (χ4n) is 3.25. The summed E-state index contributed by atoms with van der Waals surface area (Å²) in [5, 5.41) is 0. The van der Waals surface area contributed by atoms with Crippen LogP contribution in [0.15, 0.2) is 0 Å². The molecule has 1 aliphatic carbocycles. The van der Waals surface area contributed by atoms with Gasteiger partial charge < -0.3 is 10.5 Å². The van der Waals surface area contributed by atoms with E-state index in [-0.39, 0.29) is 0 Å². The maximum atomic E-state index is 5.90. The number of ether oxygens (including phenoxy) is 1. The van der Waals surface area contributed by atoms with Gasteiger partial charge in [0.15, 0.2) is 0 Å². The molecule has 0 amide bonds. The van der Waals surface area contributed by atoms with Gasteiger partial charge in [-0.3, -0.25) is 0 Å². The largest absolute Gasteiger partial charge is 0.378 e. The Balaban J connectivity index is 1.69. The molecule has 0 radical (unpaired) electrons. The zero-order valence-electron chi connectivity index (χ0n) is 9.79. The molecular formula is C13H25NO. The summed E-state index contributed by atoms with van der Waals surface area (Å²) in [6, 6.07) is 0. The van der Waals surface area contributed by atoms with E-state index in [2.05, 4.69) is 0 Å². The molecule has 2 atom stereocenters. The maximum Gasteiger partial charge on any atom is 0.0576 e. The molecule has 2 aliphatic rings. The van der Waals surface area contributed by atoms with Gasteiger partial charge in [0.1, 0.15) is 0 Å². The SMILES string of the molecule is NCC(CCC1CCCO1)C1CCCC1. The van der Waals surface area contributed by atoms with Gasteiger partial charge in [-0.2, -0.15) is 0 Å². The van der Waals surface area contributed by atoms with Gasteiger partial charge in [0.25, 0.3) is 0 Å². The average Bonchev–Trinajstić information content (AvgIpc) is 2.90. The first-order valence-corrected chi connectivity index (χ1v) is 6.72. The van der Waals surface area contributed by atoms with E-state index in [1.807, 2.05) is 0 Å². The highest BCUT2D eigenvalue weighted by Crippen LogP contribution is 2.34. The molecule has 2 nitrogen and oxygen atoms in total. The normalized spacial score (nSPS) is 29.8. The van der Waals surface area contributed by atoms with Crippen molar-refractivity contribution in [2.75, 3.05) is 13.2 Å². The highest BCUT2D eigenvalue weighted by atomic mass is 16.5. The van der Waals surface area contributed by atoms with Crippen LogP contribution in [-0.4, -0.2) is 19.3 Å². The van der Waals surface area contributed by atoms with Crippen LogP contribution in [0.1, 0.15) is 51.4 Å². The average molecular weight is 211 g/mol. The Morgan fingerprint density at radius 1 is 1.13 bits per heavy atom. The summed E-state index contributed by atoms with van der Waals surface area (Å²) >= 11 is 0. The lowest BCUT2D eigenvalue weighted by atomic mass is 9.86. The fraction of sp³-hybridized carbons (Fsp3) is 1.00. The second-order valence-electron chi connectivity index (χ2n) is 5.25. The summed E-state index contributed by atoms with van der Waals surface area (Å²) in [7, 11) is 0. The van der Waals surface area contributed by atoms with Crippen LogP contribution in [-0.2, 0) is 4.74 Å². The zero-order chi connectivity index (χ0) is 10.5. The fourth-order valence-corrected chi connectivity index (χ4v) is 3.25. The molecule has 1 saturated carbocycles. The van der Waals surface area contributed by atoms with E-state index < -0.39 is 0 Å². The molecule has 2 rings (SSSR count). The molecule has 2 N–H and O–H groups in total. The second-order valence-corrected chi connectivity index (χ2v) is 5.25. The van der Waals surface area contributed by atoms with E-state index in [0.29, 0.717) is 6.10 Å². The molecule has 2 fully saturated rings. The predicted octanol–water partition coefficient (Wildman–Crippen LogP) is 2.71. The summed E-state index contributed by atoms with van der Waals surface area (Å²) in [6.07, 6.45) is 11.4. The highest BCUT2D eigenvalue weighted by Gasteiger charge is 2.25. The molecule has 88 valence electrons. The van der Waals surface area contributed by atoms with E-state index >= 15 is 0 Å². The molecule has 1 aliphatic heterocycles. The standard InChI is InChI=1S/C13H25NO/c14-10-12(11-4-1-2-5-11)7-8-13-6-3-9-15-13/h11-13H,1-10,14H2. The molecule has 15 heavy (non-hydrogen) atoms. The minimum absolute atomic E-state index is 0.556. The first-order chi connectivity index (χ1) is 7.40. The first-order valence-electron chi connectivity index (χ1n) is 6.72. The summed E-state index contributed by atoms with van der Waals surface area (Å²) in [5.41, 5.74) is 5.90. The van der Waals surface area contributed by atoms with Crippen LogP contribution < -0.4 is 5.73 Å². The molecule has 2 unspecified atom stereocenters. The van der Waals surface area contributed by atoms with Crippen molar-refractivity contribution < 1.29 is 4.74 Å². The molecule has 0 aromatic heterocycles. The van der Waals surface area contributed by atoms with Crippen molar-refractivity contribution in [3.8, 4) is 0 Å². The lowest BCUT2D eigenvalue weighted by Gasteiger charge is -2.22. The summed E-state index contributed by atoms with van der Waals surface area (Å²) in [5.74, 6) is 1.70. The van der Waals surface area contributed by atoms with Crippen LogP contribution in [0, 0.1) is 11.8 Å². The maximum absolute atomic E-state index is 5.90. The molecule has 0 spiro atoms. The van der Waals surface area contributed by atoms with Crippen LogP contribution >= 0.6 is 0 Å². The van der Waals surface area contributed by atoms with Crippen LogP contribution in [0.3, 0.4) is 0 Å². The van der Waals surface area contributed by atoms with E-state index in [1.165, 1.54) is 51.4 Å². The monoisotopic (exact) mass is 211 g/mol. The van der Waals surface area contributed by atoms with Gasteiger partial charge in [0, 0.05) is 6.61 Å². The number of rotatable bonds is 5. The number of nitrogens with two attached hydrogens (primary N) is 1. The van der Waals surface area contributed by atoms with E-state index in [1.54, 1.807) is 0 Å². The van der Waals surface area contributed by atoms with Gasteiger partial charge in [0.2, 0.25) is 0 Å². The Morgan fingerprint density at radius 2 is 1.93 bits per heavy atom. The first kappa shape index (κ1) is 11.4. The van der Waals surface area contributed by atoms with Crippen molar-refractivity contribution in [3.05, 3.63) is 0 Å². The third-order valence-corrected chi connectivity index (χ3v) is 4.25. The van der Waals surface area contributed by atoms with Crippen LogP contribution in [0.4, 0.5) is 0 Å². The molecule has 2 heteroatoms. The van der Waals surface area contributed by atoms with Gasteiger partial charge in [-0.25, -0.2) is 0 Å². The van der Waals surface area contributed by atoms with Crippen molar-refractivity contribution in [1.29, 1.82) is 0 Å². The number of hydrogen-bond acceptors (Lipinski definition) is 2. The van der Waals surface area contributed by atoms with Crippen LogP contribution in [0.2, 0.25) is 0 Å². The van der Waals surface area contributed by atoms with Crippen molar-refractivity contribution in [3.63, 3.8) is 0 Å². The molecule has 1 saturated heterocycles. The molecular weight excluding hydrogens is 186 g/mol. The summed E-state index contributed by atoms with van der Waals surface area (Å²) < 4.78 is 5.67. The third kappa shape index (κ3) is 3.18. The highest BCUT2D eigenvalue weighted by molar-refractivity contribution is 4.77.